The molecule has 0 saturated heterocycles. The van der Waals surface area contributed by atoms with E-state index in [-0.39, 0.29) is 61.4 Å². The van der Waals surface area contributed by atoms with Crippen LogP contribution in [0.15, 0.2) is 10.4 Å². The third-order valence-electron chi connectivity index (χ3n) is 0.500. The second kappa shape index (κ2) is 9.06. The summed E-state index contributed by atoms with van der Waals surface area (Å²) in [6.07, 6.45) is 0.755. The number of nitriles is 1. The van der Waals surface area contributed by atoms with E-state index < -0.39 is 4.92 Å². The molecule has 0 N–H and O–H groups in total. The van der Waals surface area contributed by atoms with Gasteiger partial charge in [-0.3, -0.25) is 10.1 Å². The molecule has 0 aliphatic heterocycles. The Morgan fingerprint density at radius 2 is 2.45 bits per heavy atom. The van der Waals surface area contributed by atoms with E-state index in [0.717, 1.165) is 18.0 Å². The summed E-state index contributed by atoms with van der Waals surface area (Å²) in [5.74, 6) is 0.184. The molecule has 4 nitrogen and oxygen atoms in total. The van der Waals surface area contributed by atoms with Gasteiger partial charge in [-0.05, 0) is 0 Å². The maximum absolute atomic E-state index is 9.76. The van der Waals surface area contributed by atoms with E-state index in [9.17, 15) is 10.1 Å². The van der Waals surface area contributed by atoms with Gasteiger partial charge in [-0.25, -0.2) is 0 Å². The second-order valence-corrected chi connectivity index (χ2v) is 3.00. The molecular weight excluding hydrogens is 211 g/mol. The van der Waals surface area contributed by atoms with Crippen LogP contribution in [0.2, 0.25) is 0 Å². The normalized spacial score (nSPS) is 9.64. The van der Waals surface area contributed by atoms with E-state index in [1.54, 1.807) is 0 Å². The minimum absolute atomic E-state index is 0. The Labute approximate surface area is 116 Å². The minimum atomic E-state index is -0.604. The van der Waals surface area contributed by atoms with E-state index in [4.69, 9.17) is 5.26 Å². The van der Waals surface area contributed by atoms with Crippen LogP contribution in [0.1, 0.15) is 0 Å². The third-order valence-corrected chi connectivity index (χ3v) is 1.68. The summed E-state index contributed by atoms with van der Waals surface area (Å²) in [7, 11) is 0. The molecule has 0 radical (unpaired) electrons. The van der Waals surface area contributed by atoms with Gasteiger partial charge < -0.3 is 0 Å². The molecule has 7 heteroatoms. The molecule has 0 heterocycles. The van der Waals surface area contributed by atoms with Crippen molar-refractivity contribution in [3.8, 4) is 6.07 Å². The zero-order valence-electron chi connectivity index (χ0n) is 4.85. The predicted molar refractivity (Wildman–Crippen MR) is 49.3 cm³/mol. The standard InChI is InChI=1S/C4H4N2O2S2.K.H/c5-1-2-10-4(9)3-6(7)8;;/h3,9H,2H2;;. The van der Waals surface area contributed by atoms with Gasteiger partial charge in [0.1, 0.15) is 4.24 Å². The van der Waals surface area contributed by atoms with Crippen molar-refractivity contribution >= 4 is 75.8 Å². The zero-order valence-corrected chi connectivity index (χ0v) is 6.56. The molecular formula is C4H5KN2O2S2. The average Bonchev–Trinajstić information content (AvgIpc) is 1.82. The Balaban J connectivity index is 0. The molecule has 11 heavy (non-hydrogen) atoms. The van der Waals surface area contributed by atoms with Gasteiger partial charge in [0.2, 0.25) is 0 Å². The molecule has 0 saturated carbocycles. The van der Waals surface area contributed by atoms with Gasteiger partial charge in [-0.2, -0.15) is 5.26 Å². The number of thiol groups is 1. The van der Waals surface area contributed by atoms with Gasteiger partial charge in [0.25, 0.3) is 6.20 Å². The molecule has 0 aromatic rings. The van der Waals surface area contributed by atoms with Gasteiger partial charge in [0.05, 0.1) is 16.7 Å². The number of rotatable bonds is 3. The van der Waals surface area contributed by atoms with E-state index in [1.807, 2.05) is 6.07 Å². The molecule has 0 aliphatic carbocycles. The molecule has 0 fully saturated rings. The van der Waals surface area contributed by atoms with Crippen LogP contribution in [0, 0.1) is 21.4 Å². The fourth-order valence-electron chi connectivity index (χ4n) is 0.234. The van der Waals surface area contributed by atoms with Gasteiger partial charge in [-0.15, -0.1) is 12.6 Å². The van der Waals surface area contributed by atoms with Crippen LogP contribution in [0.5, 0.6) is 0 Å². The van der Waals surface area contributed by atoms with E-state index >= 15 is 0 Å². The number of nitrogens with zero attached hydrogens (tertiary/aromatic N) is 2. The fourth-order valence-corrected chi connectivity index (χ4v) is 0.895. The van der Waals surface area contributed by atoms with Gasteiger partial charge in [-0.1, -0.05) is 11.8 Å². The summed E-state index contributed by atoms with van der Waals surface area (Å²) in [6, 6.07) is 1.82. The first-order valence-electron chi connectivity index (χ1n) is 2.21. The van der Waals surface area contributed by atoms with E-state index in [2.05, 4.69) is 12.6 Å². The van der Waals surface area contributed by atoms with Crippen molar-refractivity contribution in [2.24, 2.45) is 0 Å². The number of hydrogen-bond acceptors (Lipinski definition) is 5. The molecule has 0 atom stereocenters. The van der Waals surface area contributed by atoms with Crippen LogP contribution in [0.3, 0.4) is 0 Å². The first-order valence-corrected chi connectivity index (χ1v) is 3.64. The van der Waals surface area contributed by atoms with Crippen LogP contribution in [-0.2, 0) is 0 Å². The monoisotopic (exact) mass is 216 g/mol. The summed E-state index contributed by atoms with van der Waals surface area (Å²) in [4.78, 5) is 9.15. The van der Waals surface area contributed by atoms with Crippen LogP contribution >= 0.6 is 24.4 Å². The average molecular weight is 216 g/mol. The Morgan fingerprint density at radius 1 is 1.91 bits per heavy atom. The van der Waals surface area contributed by atoms with Crippen molar-refractivity contribution in [1.29, 1.82) is 5.26 Å². The maximum atomic E-state index is 9.76. The molecule has 0 unspecified atom stereocenters. The summed E-state index contributed by atoms with van der Waals surface area (Å²) >= 11 is 4.76. The van der Waals surface area contributed by atoms with E-state index in [1.165, 1.54) is 0 Å². The Kier molecular flexibility index (Phi) is 11.9. The number of thioether (sulfide) groups is 1. The summed E-state index contributed by atoms with van der Waals surface area (Å²) in [5.41, 5.74) is 0. The van der Waals surface area contributed by atoms with Crippen LogP contribution in [0.25, 0.3) is 0 Å². The van der Waals surface area contributed by atoms with Crippen molar-refractivity contribution in [2.45, 2.75) is 0 Å². The van der Waals surface area contributed by atoms with Crippen molar-refractivity contribution in [3.05, 3.63) is 20.6 Å². The van der Waals surface area contributed by atoms with Crippen molar-refractivity contribution in [3.63, 3.8) is 0 Å². The summed E-state index contributed by atoms with van der Waals surface area (Å²) in [5, 5.41) is 17.8. The molecule has 0 rings (SSSR count). The quantitative estimate of drug-likeness (QED) is 0.325. The van der Waals surface area contributed by atoms with Crippen LogP contribution < -0.4 is 0 Å². The topological polar surface area (TPSA) is 66.9 Å². The first kappa shape index (κ1) is 14.5. The van der Waals surface area contributed by atoms with Crippen LogP contribution in [-0.4, -0.2) is 62.1 Å². The molecule has 0 spiro atoms. The Morgan fingerprint density at radius 3 is 2.82 bits per heavy atom. The Hall–Kier alpha value is 0.966. The van der Waals surface area contributed by atoms with E-state index in [0.29, 0.717) is 0 Å². The number of hydrogen-bond donors (Lipinski definition) is 1. The zero-order chi connectivity index (χ0) is 7.98. The van der Waals surface area contributed by atoms with Gasteiger partial charge >= 0.3 is 51.4 Å². The van der Waals surface area contributed by atoms with Gasteiger partial charge in [0.15, 0.2) is 0 Å². The molecule has 0 aliphatic rings. The summed E-state index contributed by atoms with van der Waals surface area (Å²) in [6.45, 7) is 0. The molecule has 0 bridgehead atoms. The van der Waals surface area contributed by atoms with Gasteiger partial charge in [0, 0.05) is 0 Å². The third kappa shape index (κ3) is 11.0. The Bertz CT molecular complexity index is 201. The number of nitro groups is 1. The second-order valence-electron chi connectivity index (χ2n) is 1.20. The molecule has 0 aromatic carbocycles. The molecule has 0 aromatic heterocycles. The molecule has 0 amide bonds. The van der Waals surface area contributed by atoms with Crippen LogP contribution in [0.4, 0.5) is 0 Å². The predicted octanol–water partition coefficient (Wildman–Crippen LogP) is 0.600. The van der Waals surface area contributed by atoms with Crippen molar-refractivity contribution in [1.82, 2.24) is 0 Å². The van der Waals surface area contributed by atoms with Crippen molar-refractivity contribution < 1.29 is 4.92 Å². The van der Waals surface area contributed by atoms with Crippen molar-refractivity contribution in [2.75, 3.05) is 5.75 Å². The SMILES string of the molecule is N#CCSC(S)=C[N+](=O)[O-].[KH]. The molecule has 56 valence electrons. The first-order chi connectivity index (χ1) is 4.66. The summed E-state index contributed by atoms with van der Waals surface area (Å²) < 4.78 is 0.242. The fraction of sp³-hybridized carbons (Fsp3) is 0.250.